The molecule has 0 N–H and O–H groups in total. The van der Waals surface area contributed by atoms with Crippen molar-refractivity contribution in [3.8, 4) is 0 Å². The van der Waals surface area contributed by atoms with Crippen LogP contribution in [0.2, 0.25) is 0 Å². The van der Waals surface area contributed by atoms with Crippen molar-refractivity contribution in [2.45, 2.75) is 6.42 Å². The average Bonchev–Trinajstić information content (AvgIpc) is 2.40. The molecule has 0 aromatic heterocycles. The Bertz CT molecular complexity index is 609. The van der Waals surface area contributed by atoms with Gasteiger partial charge in [0.25, 0.3) is 0 Å². The average molecular weight is 275 g/mol. The molecule has 0 heterocycles. The minimum atomic E-state index is -3.25. The lowest BCUT2D eigenvalue weighted by molar-refractivity contribution is 0.596. The van der Waals surface area contributed by atoms with Crippen molar-refractivity contribution in [1.82, 2.24) is 0 Å². The van der Waals surface area contributed by atoms with E-state index in [1.807, 2.05) is 60.7 Å². The van der Waals surface area contributed by atoms with E-state index in [2.05, 4.69) is 0 Å². The Balaban J connectivity index is 2.17. The van der Waals surface area contributed by atoms with Gasteiger partial charge in [0, 0.05) is 6.54 Å². The molecule has 0 saturated heterocycles. The molecule has 0 saturated carbocycles. The molecule has 4 heteroatoms. The molecule has 0 aliphatic carbocycles. The lowest BCUT2D eigenvalue weighted by Gasteiger charge is -2.22. The Morgan fingerprint density at radius 3 is 1.95 bits per heavy atom. The van der Waals surface area contributed by atoms with Crippen LogP contribution in [0.3, 0.4) is 0 Å². The van der Waals surface area contributed by atoms with Gasteiger partial charge >= 0.3 is 0 Å². The summed E-state index contributed by atoms with van der Waals surface area (Å²) in [7, 11) is -3.25. The molecule has 0 atom stereocenters. The first-order valence-electron chi connectivity index (χ1n) is 6.14. The second-order valence-corrected chi connectivity index (χ2v) is 6.31. The van der Waals surface area contributed by atoms with Crippen LogP contribution in [0.25, 0.3) is 0 Å². The van der Waals surface area contributed by atoms with Gasteiger partial charge in [-0.1, -0.05) is 48.5 Å². The van der Waals surface area contributed by atoms with Crippen LogP contribution >= 0.6 is 0 Å². The van der Waals surface area contributed by atoms with Gasteiger partial charge in [-0.15, -0.1) is 0 Å². The van der Waals surface area contributed by atoms with Crippen LogP contribution in [0.4, 0.5) is 5.69 Å². The molecule has 3 nitrogen and oxygen atoms in total. The lowest BCUT2D eigenvalue weighted by atomic mass is 10.1. The van der Waals surface area contributed by atoms with Crippen molar-refractivity contribution in [3.63, 3.8) is 0 Å². The zero-order chi connectivity index (χ0) is 13.7. The molecule has 100 valence electrons. The second kappa shape index (κ2) is 5.89. The van der Waals surface area contributed by atoms with Gasteiger partial charge in [-0.3, -0.25) is 4.31 Å². The summed E-state index contributed by atoms with van der Waals surface area (Å²) < 4.78 is 25.2. The van der Waals surface area contributed by atoms with Gasteiger partial charge in [-0.25, -0.2) is 8.42 Å². The summed E-state index contributed by atoms with van der Waals surface area (Å²) >= 11 is 0. The topological polar surface area (TPSA) is 37.4 Å². The minimum Gasteiger partial charge on any atom is -0.270 e. The molecule has 2 rings (SSSR count). The first-order chi connectivity index (χ1) is 9.07. The van der Waals surface area contributed by atoms with Crippen molar-refractivity contribution in [3.05, 3.63) is 66.2 Å². The summed E-state index contributed by atoms with van der Waals surface area (Å²) in [5.41, 5.74) is 1.84. The van der Waals surface area contributed by atoms with Gasteiger partial charge in [0.1, 0.15) is 0 Å². The summed E-state index contributed by atoms with van der Waals surface area (Å²) in [6, 6.07) is 19.1. The third-order valence-corrected chi connectivity index (χ3v) is 4.08. The van der Waals surface area contributed by atoms with E-state index in [9.17, 15) is 8.42 Å². The normalized spacial score (nSPS) is 11.2. The zero-order valence-electron chi connectivity index (χ0n) is 10.9. The van der Waals surface area contributed by atoms with E-state index in [-0.39, 0.29) is 0 Å². The third-order valence-electron chi connectivity index (χ3n) is 2.89. The van der Waals surface area contributed by atoms with Crippen molar-refractivity contribution >= 4 is 15.7 Å². The third kappa shape index (κ3) is 3.83. The van der Waals surface area contributed by atoms with E-state index in [4.69, 9.17) is 0 Å². The number of hydrogen-bond acceptors (Lipinski definition) is 2. The van der Waals surface area contributed by atoms with Crippen LogP contribution in [0, 0.1) is 0 Å². The van der Waals surface area contributed by atoms with Crippen LogP contribution in [-0.2, 0) is 16.4 Å². The van der Waals surface area contributed by atoms with Crippen LogP contribution in [0.15, 0.2) is 60.7 Å². The Kier molecular flexibility index (Phi) is 4.22. The Hall–Kier alpha value is -1.81. The van der Waals surface area contributed by atoms with Crippen LogP contribution in [0.5, 0.6) is 0 Å². The van der Waals surface area contributed by atoms with Gasteiger partial charge < -0.3 is 0 Å². The van der Waals surface area contributed by atoms with Crippen LogP contribution < -0.4 is 4.31 Å². The smallest absolute Gasteiger partial charge is 0.232 e. The van der Waals surface area contributed by atoms with Crippen molar-refractivity contribution in [1.29, 1.82) is 0 Å². The van der Waals surface area contributed by atoms with E-state index in [0.29, 0.717) is 18.7 Å². The molecule has 0 aliphatic heterocycles. The lowest BCUT2D eigenvalue weighted by Crippen LogP contribution is -2.31. The summed E-state index contributed by atoms with van der Waals surface area (Å²) in [5.74, 6) is 0. The fraction of sp³-hybridized carbons (Fsp3) is 0.200. The molecular formula is C15H17NO2S. The SMILES string of the molecule is CS(=O)(=O)N(CCc1ccccc1)c1ccccc1. The van der Waals surface area contributed by atoms with Crippen molar-refractivity contribution < 1.29 is 8.42 Å². The first-order valence-corrected chi connectivity index (χ1v) is 7.99. The molecule has 2 aromatic rings. The fourth-order valence-corrected chi connectivity index (χ4v) is 2.88. The number of sulfonamides is 1. The summed E-state index contributed by atoms with van der Waals surface area (Å²) in [5, 5.41) is 0. The molecule has 19 heavy (non-hydrogen) atoms. The Morgan fingerprint density at radius 2 is 1.42 bits per heavy atom. The highest BCUT2D eigenvalue weighted by atomic mass is 32.2. The largest absolute Gasteiger partial charge is 0.270 e. The first kappa shape index (κ1) is 13.6. The number of benzene rings is 2. The maximum absolute atomic E-state index is 11.9. The highest BCUT2D eigenvalue weighted by Crippen LogP contribution is 2.17. The molecule has 0 aliphatic rings. The number of hydrogen-bond donors (Lipinski definition) is 0. The highest BCUT2D eigenvalue weighted by molar-refractivity contribution is 7.92. The number of rotatable bonds is 5. The molecule has 0 spiro atoms. The Morgan fingerprint density at radius 1 is 0.895 bits per heavy atom. The van der Waals surface area contributed by atoms with E-state index in [1.165, 1.54) is 10.6 Å². The van der Waals surface area contributed by atoms with Gasteiger partial charge in [-0.2, -0.15) is 0 Å². The predicted molar refractivity (Wildman–Crippen MR) is 78.8 cm³/mol. The van der Waals surface area contributed by atoms with Gasteiger partial charge in [-0.05, 0) is 24.1 Å². The molecule has 0 unspecified atom stereocenters. The van der Waals surface area contributed by atoms with E-state index < -0.39 is 10.0 Å². The molecule has 0 bridgehead atoms. The van der Waals surface area contributed by atoms with Crippen LogP contribution in [-0.4, -0.2) is 21.2 Å². The molecule has 0 fully saturated rings. The van der Waals surface area contributed by atoms with Crippen molar-refractivity contribution in [2.75, 3.05) is 17.1 Å². The number of para-hydroxylation sites is 1. The second-order valence-electron chi connectivity index (χ2n) is 4.41. The van der Waals surface area contributed by atoms with Gasteiger partial charge in [0.2, 0.25) is 10.0 Å². The molecule has 0 radical (unpaired) electrons. The standard InChI is InChI=1S/C15H17NO2S/c1-19(17,18)16(15-10-6-3-7-11-15)13-12-14-8-4-2-5-9-14/h2-11H,12-13H2,1H3. The maximum Gasteiger partial charge on any atom is 0.232 e. The summed E-state index contributed by atoms with van der Waals surface area (Å²) in [6.45, 7) is 0.451. The molecule has 2 aromatic carbocycles. The Labute approximate surface area is 114 Å². The van der Waals surface area contributed by atoms with E-state index in [1.54, 1.807) is 0 Å². The highest BCUT2D eigenvalue weighted by Gasteiger charge is 2.16. The minimum absolute atomic E-state index is 0.451. The fourth-order valence-electron chi connectivity index (χ4n) is 1.96. The monoisotopic (exact) mass is 275 g/mol. The molecular weight excluding hydrogens is 258 g/mol. The van der Waals surface area contributed by atoms with Crippen molar-refractivity contribution in [2.24, 2.45) is 0 Å². The van der Waals surface area contributed by atoms with E-state index >= 15 is 0 Å². The van der Waals surface area contributed by atoms with Gasteiger partial charge in [0.15, 0.2) is 0 Å². The predicted octanol–water partition coefficient (Wildman–Crippen LogP) is 2.70. The maximum atomic E-state index is 11.9. The summed E-state index contributed by atoms with van der Waals surface area (Å²) in [4.78, 5) is 0. The molecule has 0 amide bonds. The quantitative estimate of drug-likeness (QED) is 0.841. The summed E-state index contributed by atoms with van der Waals surface area (Å²) in [6.07, 6.45) is 1.94. The van der Waals surface area contributed by atoms with Gasteiger partial charge in [0.05, 0.1) is 11.9 Å². The zero-order valence-corrected chi connectivity index (χ0v) is 11.7. The van der Waals surface area contributed by atoms with Crippen LogP contribution in [0.1, 0.15) is 5.56 Å². The number of anilines is 1. The number of nitrogens with zero attached hydrogens (tertiary/aromatic N) is 1. The van der Waals surface area contributed by atoms with E-state index in [0.717, 1.165) is 5.56 Å².